The second-order valence-corrected chi connectivity index (χ2v) is 3.18. The van der Waals surface area contributed by atoms with Gasteiger partial charge in [-0.2, -0.15) is 0 Å². The van der Waals surface area contributed by atoms with E-state index >= 15 is 0 Å². The summed E-state index contributed by atoms with van der Waals surface area (Å²) in [7, 11) is 0. The van der Waals surface area contributed by atoms with Crippen LogP contribution in [0.4, 0.5) is 0 Å². The molecule has 0 saturated carbocycles. The predicted octanol–water partition coefficient (Wildman–Crippen LogP) is 0.901. The highest BCUT2D eigenvalue weighted by Gasteiger charge is 2.24. The van der Waals surface area contributed by atoms with Gasteiger partial charge in [0.2, 0.25) is 0 Å². The van der Waals surface area contributed by atoms with Gasteiger partial charge in [0.1, 0.15) is 0 Å². The molecule has 2 nitrogen and oxygen atoms in total. The van der Waals surface area contributed by atoms with Crippen molar-refractivity contribution in [2.45, 2.75) is 38.2 Å². The summed E-state index contributed by atoms with van der Waals surface area (Å²) in [5.41, 5.74) is -0.358. The highest BCUT2D eigenvalue weighted by atomic mass is 16.3. The Hall–Kier alpha value is -0.0800. The Morgan fingerprint density at radius 1 is 1.40 bits per heavy atom. The third-order valence-corrected chi connectivity index (χ3v) is 2.42. The lowest BCUT2D eigenvalue weighted by Crippen LogP contribution is -2.28. The zero-order valence-electron chi connectivity index (χ0n) is 6.69. The molecule has 1 atom stereocenters. The van der Waals surface area contributed by atoms with E-state index in [0.717, 1.165) is 38.8 Å². The summed E-state index contributed by atoms with van der Waals surface area (Å²) in [6.45, 7) is 4.11. The maximum Gasteiger partial charge on any atom is 0.0657 e. The van der Waals surface area contributed by atoms with E-state index in [1.807, 2.05) is 0 Å². The molecule has 1 rings (SSSR count). The smallest absolute Gasteiger partial charge is 0.0657 e. The molecule has 1 saturated heterocycles. The van der Waals surface area contributed by atoms with Crippen molar-refractivity contribution in [3.8, 4) is 0 Å². The number of rotatable bonds is 1. The van der Waals surface area contributed by atoms with Crippen LogP contribution in [0.5, 0.6) is 0 Å². The molecule has 2 heteroatoms. The zero-order chi connectivity index (χ0) is 7.45. The molecule has 1 fully saturated rings. The molecule has 0 radical (unpaired) electrons. The zero-order valence-corrected chi connectivity index (χ0v) is 6.69. The Morgan fingerprint density at radius 3 is 2.90 bits per heavy atom. The minimum absolute atomic E-state index is 0.358. The van der Waals surface area contributed by atoms with Crippen molar-refractivity contribution in [3.63, 3.8) is 0 Å². The van der Waals surface area contributed by atoms with Crippen molar-refractivity contribution >= 4 is 0 Å². The average molecular weight is 143 g/mol. The first-order chi connectivity index (χ1) is 4.77. The summed E-state index contributed by atoms with van der Waals surface area (Å²) in [6.07, 6.45) is 3.90. The van der Waals surface area contributed by atoms with Gasteiger partial charge in [0.05, 0.1) is 5.60 Å². The topological polar surface area (TPSA) is 32.3 Å². The first-order valence-corrected chi connectivity index (χ1v) is 4.20. The van der Waals surface area contributed by atoms with Gasteiger partial charge in [-0.3, -0.25) is 0 Å². The molecule has 1 aliphatic heterocycles. The molecule has 1 heterocycles. The standard InChI is InChI=1S/C8H17NO/c1-2-8(10)4-3-6-9-7-5-8/h9-10H,2-7H2,1H3/t8-/m0/s1. The van der Waals surface area contributed by atoms with E-state index in [4.69, 9.17) is 0 Å². The molecule has 60 valence electrons. The lowest BCUT2D eigenvalue weighted by Gasteiger charge is -2.23. The molecular weight excluding hydrogens is 126 g/mol. The van der Waals surface area contributed by atoms with Crippen LogP contribution in [-0.2, 0) is 0 Å². The largest absolute Gasteiger partial charge is 0.390 e. The third kappa shape index (κ3) is 1.96. The summed E-state index contributed by atoms with van der Waals surface area (Å²) in [4.78, 5) is 0. The lowest BCUT2D eigenvalue weighted by molar-refractivity contribution is 0.0243. The van der Waals surface area contributed by atoms with Gasteiger partial charge in [0.15, 0.2) is 0 Å². The van der Waals surface area contributed by atoms with Crippen molar-refractivity contribution in [2.75, 3.05) is 13.1 Å². The van der Waals surface area contributed by atoms with Crippen molar-refractivity contribution in [1.29, 1.82) is 0 Å². The van der Waals surface area contributed by atoms with Crippen LogP contribution >= 0.6 is 0 Å². The van der Waals surface area contributed by atoms with E-state index in [0.29, 0.717) is 0 Å². The van der Waals surface area contributed by atoms with E-state index in [1.165, 1.54) is 0 Å². The minimum Gasteiger partial charge on any atom is -0.390 e. The van der Waals surface area contributed by atoms with Crippen LogP contribution in [0.15, 0.2) is 0 Å². The average Bonchev–Trinajstić information content (AvgIpc) is 2.15. The van der Waals surface area contributed by atoms with Crippen LogP contribution in [0.2, 0.25) is 0 Å². The third-order valence-electron chi connectivity index (χ3n) is 2.42. The van der Waals surface area contributed by atoms with E-state index in [1.54, 1.807) is 0 Å². The van der Waals surface area contributed by atoms with E-state index < -0.39 is 0 Å². The fraction of sp³-hybridized carbons (Fsp3) is 1.00. The molecule has 0 aromatic heterocycles. The van der Waals surface area contributed by atoms with Crippen LogP contribution in [0, 0.1) is 0 Å². The first-order valence-electron chi connectivity index (χ1n) is 4.20. The first kappa shape index (κ1) is 8.02. The molecule has 0 bridgehead atoms. The summed E-state index contributed by atoms with van der Waals surface area (Å²) >= 11 is 0. The fourth-order valence-corrected chi connectivity index (χ4v) is 1.47. The number of nitrogens with one attached hydrogen (secondary N) is 1. The number of hydrogen-bond acceptors (Lipinski definition) is 2. The van der Waals surface area contributed by atoms with Gasteiger partial charge >= 0.3 is 0 Å². The van der Waals surface area contributed by atoms with Crippen molar-refractivity contribution < 1.29 is 5.11 Å². The Morgan fingerprint density at radius 2 is 2.20 bits per heavy atom. The highest BCUT2D eigenvalue weighted by molar-refractivity contribution is 4.80. The molecule has 0 spiro atoms. The maximum atomic E-state index is 9.82. The van der Waals surface area contributed by atoms with Gasteiger partial charge in [-0.05, 0) is 38.8 Å². The molecular formula is C8H17NO. The Balaban J connectivity index is 2.41. The molecule has 10 heavy (non-hydrogen) atoms. The second kappa shape index (κ2) is 3.35. The Bertz CT molecular complexity index is 95.4. The molecule has 0 aliphatic carbocycles. The van der Waals surface area contributed by atoms with Crippen LogP contribution in [-0.4, -0.2) is 23.8 Å². The van der Waals surface area contributed by atoms with E-state index in [9.17, 15) is 5.11 Å². The van der Waals surface area contributed by atoms with Crippen molar-refractivity contribution in [3.05, 3.63) is 0 Å². The molecule has 1 aliphatic rings. The van der Waals surface area contributed by atoms with Gasteiger partial charge in [0.25, 0.3) is 0 Å². The van der Waals surface area contributed by atoms with Gasteiger partial charge in [-0.25, -0.2) is 0 Å². The van der Waals surface area contributed by atoms with Gasteiger partial charge in [0, 0.05) is 0 Å². The SMILES string of the molecule is CC[C@]1(O)CCCNCC1. The molecule has 2 N–H and O–H groups in total. The van der Waals surface area contributed by atoms with Crippen LogP contribution in [0.25, 0.3) is 0 Å². The second-order valence-electron chi connectivity index (χ2n) is 3.18. The van der Waals surface area contributed by atoms with Crippen LogP contribution in [0.1, 0.15) is 32.6 Å². The van der Waals surface area contributed by atoms with E-state index in [-0.39, 0.29) is 5.60 Å². The van der Waals surface area contributed by atoms with Crippen LogP contribution < -0.4 is 5.32 Å². The van der Waals surface area contributed by atoms with Crippen LogP contribution in [0.3, 0.4) is 0 Å². The van der Waals surface area contributed by atoms with Gasteiger partial charge in [-0.1, -0.05) is 6.92 Å². The number of aliphatic hydroxyl groups is 1. The van der Waals surface area contributed by atoms with Gasteiger partial charge in [-0.15, -0.1) is 0 Å². The normalized spacial score (nSPS) is 35.4. The van der Waals surface area contributed by atoms with Crippen molar-refractivity contribution in [2.24, 2.45) is 0 Å². The fourth-order valence-electron chi connectivity index (χ4n) is 1.47. The minimum atomic E-state index is -0.358. The molecule has 0 unspecified atom stereocenters. The predicted molar refractivity (Wildman–Crippen MR) is 42.0 cm³/mol. The van der Waals surface area contributed by atoms with Crippen molar-refractivity contribution in [1.82, 2.24) is 5.32 Å². The number of hydrogen-bond donors (Lipinski definition) is 2. The Kier molecular flexibility index (Phi) is 2.69. The monoisotopic (exact) mass is 143 g/mol. The van der Waals surface area contributed by atoms with Gasteiger partial charge < -0.3 is 10.4 Å². The highest BCUT2D eigenvalue weighted by Crippen LogP contribution is 2.22. The quantitative estimate of drug-likeness (QED) is 0.571. The summed E-state index contributed by atoms with van der Waals surface area (Å²) < 4.78 is 0. The summed E-state index contributed by atoms with van der Waals surface area (Å²) in [6, 6.07) is 0. The lowest BCUT2D eigenvalue weighted by atomic mass is 9.92. The maximum absolute atomic E-state index is 9.82. The molecule has 0 aromatic carbocycles. The summed E-state index contributed by atoms with van der Waals surface area (Å²) in [5.74, 6) is 0. The van der Waals surface area contributed by atoms with E-state index in [2.05, 4.69) is 12.2 Å². The molecule has 0 aromatic rings. The Labute approximate surface area is 62.6 Å². The molecule has 0 amide bonds. The summed E-state index contributed by atoms with van der Waals surface area (Å²) in [5, 5.41) is 13.1.